The second-order valence-corrected chi connectivity index (χ2v) is 8.00. The molecule has 2 N–H and O–H groups in total. The smallest absolute Gasteiger partial charge is 0.341 e. The Kier molecular flexibility index (Phi) is 5.65. The second-order valence-electron chi connectivity index (χ2n) is 5.78. The van der Waals surface area contributed by atoms with Gasteiger partial charge in [0, 0.05) is 4.88 Å². The van der Waals surface area contributed by atoms with Crippen LogP contribution in [0.2, 0.25) is 0 Å². The summed E-state index contributed by atoms with van der Waals surface area (Å²) in [5, 5.41) is 13.6. The van der Waals surface area contributed by atoms with Crippen LogP contribution < -0.4 is 10.1 Å². The molecule has 5 nitrogen and oxygen atoms in total. The van der Waals surface area contributed by atoms with Gasteiger partial charge in [0.25, 0.3) is 0 Å². The first kappa shape index (κ1) is 17.8. The normalized spacial score (nSPS) is 17.4. The molecule has 0 fully saturated rings. The fraction of sp³-hybridized carbons (Fsp3) is 0.333. The zero-order valence-corrected chi connectivity index (χ0v) is 15.4. The number of nitrogens with one attached hydrogen (secondary N) is 1. The van der Waals surface area contributed by atoms with Gasteiger partial charge < -0.3 is 15.2 Å². The van der Waals surface area contributed by atoms with Crippen LogP contribution in [-0.4, -0.2) is 29.3 Å². The van der Waals surface area contributed by atoms with Crippen molar-refractivity contribution in [3.05, 3.63) is 51.7 Å². The fourth-order valence-electron chi connectivity index (χ4n) is 2.73. The van der Waals surface area contributed by atoms with Gasteiger partial charge in [-0.3, -0.25) is 4.79 Å². The molecule has 0 radical (unpaired) electrons. The third-order valence-corrected chi connectivity index (χ3v) is 6.25. The number of fused-ring (bicyclic) bond motifs is 1. The zero-order chi connectivity index (χ0) is 17.8. The molecule has 1 aromatic heterocycles. The van der Waals surface area contributed by atoms with E-state index in [9.17, 15) is 9.59 Å². The molecular formula is C18H19NO4S2. The lowest BCUT2D eigenvalue weighted by atomic mass is 10.1. The number of hydrogen-bond donors (Lipinski definition) is 2. The number of thiophene rings is 1. The lowest BCUT2D eigenvalue weighted by Gasteiger charge is -2.24. The van der Waals surface area contributed by atoms with Crippen LogP contribution in [0, 0.1) is 0 Å². The molecule has 2 unspecified atom stereocenters. The van der Waals surface area contributed by atoms with Crippen molar-refractivity contribution in [2.75, 3.05) is 12.4 Å². The Morgan fingerprint density at radius 1 is 1.32 bits per heavy atom. The number of rotatable bonds is 6. The van der Waals surface area contributed by atoms with Crippen LogP contribution in [0.5, 0.6) is 5.75 Å². The van der Waals surface area contributed by atoms with Crippen LogP contribution >= 0.6 is 23.1 Å². The lowest BCUT2D eigenvalue weighted by molar-refractivity contribution is -0.139. The molecule has 2 aromatic rings. The van der Waals surface area contributed by atoms with Crippen molar-refractivity contribution in [1.29, 1.82) is 0 Å². The maximum atomic E-state index is 12.7. The summed E-state index contributed by atoms with van der Waals surface area (Å²) in [4.78, 5) is 24.5. The summed E-state index contributed by atoms with van der Waals surface area (Å²) in [6.07, 6.45) is 1.04. The standard InChI is InChI=1S/C18H19NO4S2/c1-11(12-2-4-13(5-3-12)23-10-16(20)21)19-18(22)17-14-6-8-24-15(14)7-9-25-17/h2-6,8,11,17H,7,9-10H2,1H3,(H,19,22)(H,20,21). The molecule has 3 rings (SSSR count). The molecule has 0 saturated carbocycles. The average Bonchev–Trinajstić information content (AvgIpc) is 3.08. The Morgan fingerprint density at radius 3 is 2.80 bits per heavy atom. The van der Waals surface area contributed by atoms with E-state index < -0.39 is 5.97 Å². The highest BCUT2D eigenvalue weighted by atomic mass is 32.2. The van der Waals surface area contributed by atoms with E-state index in [4.69, 9.17) is 9.84 Å². The molecule has 2 heterocycles. The molecule has 1 amide bonds. The molecule has 0 spiro atoms. The van der Waals surface area contributed by atoms with E-state index >= 15 is 0 Å². The maximum absolute atomic E-state index is 12.7. The Morgan fingerprint density at radius 2 is 2.08 bits per heavy atom. The number of aryl methyl sites for hydroxylation is 1. The van der Waals surface area contributed by atoms with Crippen LogP contribution in [0.25, 0.3) is 0 Å². The summed E-state index contributed by atoms with van der Waals surface area (Å²) in [6, 6.07) is 9.03. The average molecular weight is 377 g/mol. The first-order valence-corrected chi connectivity index (χ1v) is 9.90. The zero-order valence-electron chi connectivity index (χ0n) is 13.7. The number of amides is 1. The van der Waals surface area contributed by atoms with E-state index in [1.54, 1.807) is 35.2 Å². The molecule has 0 saturated heterocycles. The molecule has 2 atom stereocenters. The molecule has 1 aromatic carbocycles. The number of carbonyl (C=O) groups excluding carboxylic acids is 1. The van der Waals surface area contributed by atoms with E-state index in [-0.39, 0.29) is 23.8 Å². The molecule has 1 aliphatic heterocycles. The van der Waals surface area contributed by atoms with Gasteiger partial charge in [0.1, 0.15) is 11.0 Å². The highest BCUT2D eigenvalue weighted by Gasteiger charge is 2.28. The number of benzene rings is 1. The third kappa shape index (κ3) is 4.35. The van der Waals surface area contributed by atoms with E-state index in [1.165, 1.54) is 4.88 Å². The summed E-state index contributed by atoms with van der Waals surface area (Å²) >= 11 is 3.41. The summed E-state index contributed by atoms with van der Waals surface area (Å²) < 4.78 is 5.12. The molecule has 0 aliphatic carbocycles. The number of carboxylic acid groups (broad SMARTS) is 1. The largest absolute Gasteiger partial charge is 0.482 e. The lowest BCUT2D eigenvalue weighted by Crippen LogP contribution is -2.31. The highest BCUT2D eigenvalue weighted by Crippen LogP contribution is 2.39. The van der Waals surface area contributed by atoms with Crippen molar-refractivity contribution in [3.8, 4) is 5.75 Å². The van der Waals surface area contributed by atoms with Crippen LogP contribution in [0.1, 0.15) is 34.2 Å². The Hall–Kier alpha value is -1.99. The van der Waals surface area contributed by atoms with Crippen molar-refractivity contribution >= 4 is 35.0 Å². The molecular weight excluding hydrogens is 358 g/mol. The Balaban J connectivity index is 1.61. The van der Waals surface area contributed by atoms with Gasteiger partial charge in [-0.05, 0) is 53.8 Å². The minimum atomic E-state index is -1.01. The van der Waals surface area contributed by atoms with Crippen molar-refractivity contribution in [2.24, 2.45) is 0 Å². The van der Waals surface area contributed by atoms with Crippen LogP contribution in [0.15, 0.2) is 35.7 Å². The third-order valence-electron chi connectivity index (χ3n) is 4.02. The van der Waals surface area contributed by atoms with Gasteiger partial charge in [0.15, 0.2) is 6.61 Å². The minimum absolute atomic E-state index is 0.0306. The molecule has 7 heteroatoms. The maximum Gasteiger partial charge on any atom is 0.341 e. The highest BCUT2D eigenvalue weighted by molar-refractivity contribution is 8.00. The SMILES string of the molecule is CC(NC(=O)C1SCCc2sccc21)c1ccc(OCC(=O)O)cc1. The van der Waals surface area contributed by atoms with E-state index in [1.807, 2.05) is 19.1 Å². The number of hydrogen-bond acceptors (Lipinski definition) is 5. The van der Waals surface area contributed by atoms with Gasteiger partial charge in [0.05, 0.1) is 6.04 Å². The van der Waals surface area contributed by atoms with Crippen molar-refractivity contribution < 1.29 is 19.4 Å². The monoisotopic (exact) mass is 377 g/mol. The summed E-state index contributed by atoms with van der Waals surface area (Å²) in [5.74, 6) is 0.483. The molecule has 132 valence electrons. The molecule has 25 heavy (non-hydrogen) atoms. The van der Waals surface area contributed by atoms with Crippen LogP contribution in [0.3, 0.4) is 0 Å². The number of ether oxygens (including phenoxy) is 1. The Bertz CT molecular complexity index is 757. The van der Waals surface area contributed by atoms with Crippen molar-refractivity contribution in [1.82, 2.24) is 5.32 Å². The summed E-state index contributed by atoms with van der Waals surface area (Å²) in [5.41, 5.74) is 2.09. The van der Waals surface area contributed by atoms with Gasteiger partial charge in [-0.2, -0.15) is 0 Å². The fourth-order valence-corrected chi connectivity index (χ4v) is 5.04. The molecule has 1 aliphatic rings. The second kappa shape index (κ2) is 7.93. The Labute approximate surface area is 154 Å². The van der Waals surface area contributed by atoms with Crippen LogP contribution in [-0.2, 0) is 16.0 Å². The number of thioether (sulfide) groups is 1. The topological polar surface area (TPSA) is 75.6 Å². The van der Waals surface area contributed by atoms with Crippen molar-refractivity contribution in [2.45, 2.75) is 24.6 Å². The van der Waals surface area contributed by atoms with E-state index in [0.717, 1.165) is 23.3 Å². The van der Waals surface area contributed by atoms with E-state index in [0.29, 0.717) is 5.75 Å². The predicted octanol–water partition coefficient (Wildman–Crippen LogP) is 3.42. The summed E-state index contributed by atoms with van der Waals surface area (Å²) in [7, 11) is 0. The van der Waals surface area contributed by atoms with Gasteiger partial charge in [0.2, 0.25) is 5.91 Å². The van der Waals surface area contributed by atoms with Gasteiger partial charge in [-0.15, -0.1) is 23.1 Å². The number of aliphatic carboxylic acids is 1. The minimum Gasteiger partial charge on any atom is -0.482 e. The first-order valence-electron chi connectivity index (χ1n) is 7.97. The first-order chi connectivity index (χ1) is 12.0. The van der Waals surface area contributed by atoms with E-state index in [2.05, 4.69) is 16.8 Å². The number of carbonyl (C=O) groups is 2. The molecule has 0 bridgehead atoms. The predicted molar refractivity (Wildman–Crippen MR) is 99.4 cm³/mol. The quantitative estimate of drug-likeness (QED) is 0.807. The van der Waals surface area contributed by atoms with Crippen molar-refractivity contribution in [3.63, 3.8) is 0 Å². The van der Waals surface area contributed by atoms with Gasteiger partial charge in [-0.25, -0.2) is 4.79 Å². The van der Waals surface area contributed by atoms with Gasteiger partial charge in [-0.1, -0.05) is 12.1 Å². The van der Waals surface area contributed by atoms with Gasteiger partial charge >= 0.3 is 5.97 Å². The van der Waals surface area contributed by atoms with Crippen LogP contribution in [0.4, 0.5) is 0 Å². The number of carboxylic acids is 1. The summed E-state index contributed by atoms with van der Waals surface area (Å²) in [6.45, 7) is 1.57.